The van der Waals surface area contributed by atoms with Crippen molar-refractivity contribution in [3.8, 4) is 0 Å². The number of carbonyl (C=O) groups excluding carboxylic acids is 17. The van der Waals surface area contributed by atoms with Crippen LogP contribution in [-0.4, -0.2) is 314 Å². The van der Waals surface area contributed by atoms with Crippen LogP contribution in [0.5, 0.6) is 0 Å². The van der Waals surface area contributed by atoms with Gasteiger partial charge in [0.25, 0.3) is 0 Å². The third-order valence-corrected chi connectivity index (χ3v) is 24.8. The minimum Gasteiger partial charge on any atom is -0.394 e. The van der Waals surface area contributed by atoms with Crippen molar-refractivity contribution in [2.24, 2.45) is 28.9 Å². The third-order valence-electron chi connectivity index (χ3n) is 23.8. The molecule has 3 aliphatic rings. The van der Waals surface area contributed by atoms with E-state index in [2.05, 4.69) is 68.5 Å². The molecule has 3 aliphatic heterocycles. The number of amides is 17. The van der Waals surface area contributed by atoms with E-state index in [0.29, 0.717) is 64.2 Å². The summed E-state index contributed by atoms with van der Waals surface area (Å²) in [5.74, 6) is -17.6. The highest BCUT2D eigenvalue weighted by molar-refractivity contribution is 8.00. The fraction of sp³-hybridized carbons (Fsp3) is 0.551. The first kappa shape index (κ1) is 105. The number of aliphatic hydroxyl groups excluding tert-OH is 2. The Bertz CT molecular complexity index is 4950. The molecule has 5 heterocycles. The van der Waals surface area contributed by atoms with Gasteiger partial charge in [0.1, 0.15) is 84.6 Å². The van der Waals surface area contributed by atoms with Crippen LogP contribution in [0.4, 0.5) is 0 Å². The number of aromatic nitrogens is 2. The molecular formula is C89H129N23O19S. The molecule has 0 radical (unpaired) electrons. The molecule has 2 aromatic heterocycles. The van der Waals surface area contributed by atoms with Gasteiger partial charge in [-0.3, -0.25) is 86.9 Å². The zero-order chi connectivity index (χ0) is 96.9. The summed E-state index contributed by atoms with van der Waals surface area (Å²) >= 11 is 0.792. The number of hydrogen-bond donors (Lipinski definition) is 20. The van der Waals surface area contributed by atoms with Crippen LogP contribution in [0, 0.1) is 18.3 Å². The molecular weight excluding hydrogens is 1730 g/mol. The van der Waals surface area contributed by atoms with E-state index in [0.717, 1.165) is 41.8 Å². The first-order chi connectivity index (χ1) is 62.8. The van der Waals surface area contributed by atoms with Crippen molar-refractivity contribution in [1.82, 2.24) is 93.0 Å². The summed E-state index contributed by atoms with van der Waals surface area (Å²) in [6, 6.07) is -0.619. The van der Waals surface area contributed by atoms with Gasteiger partial charge < -0.3 is 126 Å². The van der Waals surface area contributed by atoms with E-state index < -0.39 is 241 Å². The Labute approximate surface area is 769 Å². The van der Waals surface area contributed by atoms with Crippen molar-refractivity contribution in [2.45, 2.75) is 235 Å². The van der Waals surface area contributed by atoms with Gasteiger partial charge in [0.15, 0.2) is 5.96 Å². The first-order valence-corrected chi connectivity index (χ1v) is 45.7. The molecule has 43 heteroatoms. The van der Waals surface area contributed by atoms with E-state index in [4.69, 9.17) is 28.3 Å². The molecule has 0 bridgehead atoms. The second kappa shape index (κ2) is 50.0. The van der Waals surface area contributed by atoms with Crippen molar-refractivity contribution in [3.05, 3.63) is 107 Å². The lowest BCUT2D eigenvalue weighted by Gasteiger charge is -2.36. The Morgan fingerprint density at radius 2 is 1.07 bits per heavy atom. The molecule has 5 aromatic rings. The van der Waals surface area contributed by atoms with Crippen LogP contribution in [0.2, 0.25) is 0 Å². The molecule has 3 aromatic carbocycles. The van der Waals surface area contributed by atoms with Gasteiger partial charge in [-0.25, -0.2) is 0 Å². The number of thioether (sulfide) groups is 1. The second-order valence-corrected chi connectivity index (χ2v) is 35.3. The number of likely N-dealkylation sites (N-methyl/N-ethyl adjacent to an activating group) is 3. The highest BCUT2D eigenvalue weighted by Crippen LogP contribution is 2.28. The summed E-state index contributed by atoms with van der Waals surface area (Å²) < 4.78 is 0. The van der Waals surface area contributed by atoms with Gasteiger partial charge >= 0.3 is 0 Å². The number of carbonyl (C=O) groups is 17. The normalized spacial score (nSPS) is 25.1. The third kappa shape index (κ3) is 29.1. The molecule has 24 N–H and O–H groups in total. The van der Waals surface area contributed by atoms with Crippen molar-refractivity contribution in [1.29, 1.82) is 5.41 Å². The number of aryl methyl sites for hydroxylation is 1. The lowest BCUT2D eigenvalue weighted by molar-refractivity contribution is -0.149. The minimum absolute atomic E-state index is 0.00352. The van der Waals surface area contributed by atoms with Crippen LogP contribution in [0.25, 0.3) is 21.8 Å². The fourth-order valence-corrected chi connectivity index (χ4v) is 17.1. The molecule has 0 spiro atoms. The lowest BCUT2D eigenvalue weighted by atomic mass is 10.00. The van der Waals surface area contributed by atoms with Gasteiger partial charge in [-0.2, -0.15) is 0 Å². The minimum atomic E-state index is -1.89. The molecule has 720 valence electrons. The number of nitrogens with two attached hydrogens (primary N) is 4. The van der Waals surface area contributed by atoms with Crippen LogP contribution >= 0.6 is 11.8 Å². The smallest absolute Gasteiger partial charge is 0.246 e. The lowest BCUT2D eigenvalue weighted by Crippen LogP contribution is -2.62. The van der Waals surface area contributed by atoms with Gasteiger partial charge in [0, 0.05) is 113 Å². The van der Waals surface area contributed by atoms with E-state index in [1.54, 1.807) is 99.0 Å². The largest absolute Gasteiger partial charge is 0.394 e. The number of hydrogen-bond acceptors (Lipinski definition) is 22. The van der Waals surface area contributed by atoms with Gasteiger partial charge in [0.2, 0.25) is 100 Å². The van der Waals surface area contributed by atoms with Crippen molar-refractivity contribution < 1.29 is 91.7 Å². The number of para-hydroxylation sites is 2. The molecule has 1 unspecified atom stereocenters. The number of aliphatic hydroxyl groups is 2. The zero-order valence-electron chi connectivity index (χ0n) is 76.1. The van der Waals surface area contributed by atoms with E-state index >= 15 is 33.6 Å². The van der Waals surface area contributed by atoms with Crippen molar-refractivity contribution in [2.75, 3.05) is 72.0 Å². The van der Waals surface area contributed by atoms with Gasteiger partial charge in [-0.1, -0.05) is 120 Å². The van der Waals surface area contributed by atoms with E-state index in [-0.39, 0.29) is 89.6 Å². The van der Waals surface area contributed by atoms with Crippen molar-refractivity contribution >= 4 is 140 Å². The van der Waals surface area contributed by atoms with Crippen LogP contribution in [-0.2, 0) is 101 Å². The summed E-state index contributed by atoms with van der Waals surface area (Å²) in [6.07, 6.45) is 1.54. The van der Waals surface area contributed by atoms with E-state index in [1.165, 1.54) is 28.1 Å². The number of rotatable bonds is 25. The van der Waals surface area contributed by atoms with Crippen molar-refractivity contribution in [3.63, 3.8) is 0 Å². The molecule has 0 aliphatic carbocycles. The number of guanidine groups is 1. The van der Waals surface area contributed by atoms with Gasteiger partial charge in [-0.05, 0) is 93.5 Å². The van der Waals surface area contributed by atoms with E-state index in [1.807, 2.05) is 20.8 Å². The highest BCUT2D eigenvalue weighted by atomic mass is 32.2. The Morgan fingerprint density at radius 1 is 0.545 bits per heavy atom. The van der Waals surface area contributed by atoms with Crippen LogP contribution in [0.15, 0.2) is 85.2 Å². The topological polar surface area (TPSA) is 639 Å². The molecule has 0 saturated carbocycles. The molecule has 3 saturated heterocycles. The first-order valence-electron chi connectivity index (χ1n) is 44.6. The number of H-pyrrole nitrogens is 2. The number of benzene rings is 3. The highest BCUT2D eigenvalue weighted by Gasteiger charge is 2.47. The maximum Gasteiger partial charge on any atom is 0.246 e. The Hall–Kier alpha value is -12.8. The molecule has 17 amide bonds. The van der Waals surface area contributed by atoms with Crippen LogP contribution < -0.4 is 81.4 Å². The number of nitrogens with zero attached hydrogens (tertiary/aromatic N) is 5. The summed E-state index contributed by atoms with van der Waals surface area (Å²) in [6.45, 7) is 7.33. The summed E-state index contributed by atoms with van der Waals surface area (Å²) in [5.41, 5.74) is 26.6. The van der Waals surface area contributed by atoms with E-state index in [9.17, 15) is 58.2 Å². The average Bonchev–Trinajstić information content (AvgIpc) is 1.60. The summed E-state index contributed by atoms with van der Waals surface area (Å²) in [5, 5.41) is 60.6. The number of fused-ring (bicyclic) bond motifs is 4. The van der Waals surface area contributed by atoms with Gasteiger partial charge in [-0.15, -0.1) is 11.8 Å². The maximum absolute atomic E-state index is 15.7. The SMILES string of the molecule is CCCC[C@H]1C(=O)N(C)[C@@H](CCCC)C(=O)N[C@@H](CCCNC(=N)N)C(=O)N[C@H](C(=O)NCC(N)=O)CSCC(=O)N[C@@H](Cc2ccc(C)cc2)C(=O)N(C)[C@@H](C)C(=O)N[C@@H](CC(N)=O)C(=O)N2CCC[C@H]2C(=O)N[C@@H](CN)C(=O)N[C@@H](CC(C)C)C(=O)N2C[C@H](O)CC2C(=O)N[C@@H](Cc2c[nH]c3ccccc23)C(=O)N[C@@H](CO)C(=O)N[C@@H](Cc2c[nH]c3ccccc23)C(=O)N1C. The molecule has 8 rings (SSSR count). The quantitative estimate of drug-likeness (QED) is 0.0154. The predicted octanol–water partition coefficient (Wildman–Crippen LogP) is -3.33. The average molecular weight is 1860 g/mol. The number of primary amides is 2. The monoisotopic (exact) mass is 1860 g/mol. The maximum atomic E-state index is 15.7. The summed E-state index contributed by atoms with van der Waals surface area (Å²) in [7, 11) is 3.95. The molecule has 3 fully saturated rings. The Balaban J connectivity index is 1.19. The fourth-order valence-electron chi connectivity index (χ4n) is 16.3. The molecule has 42 nitrogen and oxygen atoms in total. The standard InChI is InChI=1S/C89H129N23O19S/c1-10-12-25-68-81(124)100-59(24-18-32-95-89(93)94)77(120)107-67(76(119)98-43-73(92)116)46-132-47-74(117)99-62(35-51-30-28-49(5)29-31-51)84(127)108(7)50(6)75(118)102-64(39-72(91)115)86(129)111-33-19-27-69(111)82(125)105-65(40-90)79(122)103-61(34-48(3)4)87(130)112-44-54(114)38-71(112)83(126)101-60(36-52-41-96-57-22-16-14-20-55(52)57)78(121)106-66(45-113)80(123)104-63(37-53-42-97-58-23-17-15-21-56(53)58)85(128)110(9)70(26-13-11-2)88(131)109(68)8/h14-17,20-23,28-31,41-42,48,50,54,59-71,96-97,113-114H,10-13,18-19,24-27,32-40,43-47,90H2,1-9H3,(H2,91,115)(H2,92,116)(H,98,119)(H,99,117)(H,100,124)(H,101,126)(H,102,118)(H,103,122)(H,104,123)(H,105,125)(H,106,121)(H,107,120)(H4,93,94,95)/t50-,54+,59-,60-,61-,62-,63-,64-,65-,66-,67-,68-,69-,70-,71?/m0/s1. The summed E-state index contributed by atoms with van der Waals surface area (Å²) in [4.78, 5) is 260. The van der Waals surface area contributed by atoms with Crippen LogP contribution in [0.3, 0.4) is 0 Å². The predicted molar refractivity (Wildman–Crippen MR) is 490 cm³/mol. The van der Waals surface area contributed by atoms with Gasteiger partial charge in [0.05, 0.1) is 31.4 Å². The Morgan fingerprint density at radius 3 is 1.67 bits per heavy atom. The zero-order valence-corrected chi connectivity index (χ0v) is 76.9. The number of aromatic amines is 2. The van der Waals surface area contributed by atoms with Crippen LogP contribution in [0.1, 0.15) is 140 Å². The number of unbranched alkanes of at least 4 members (excludes halogenated alkanes) is 2. The molecule has 132 heavy (non-hydrogen) atoms. The number of nitrogens with one attached hydrogen (secondary N) is 14. The Kier molecular flexibility index (Phi) is 39.6. The molecule has 15 atom stereocenters. The second-order valence-electron chi connectivity index (χ2n) is 34.3.